The van der Waals surface area contributed by atoms with Crippen molar-refractivity contribution in [1.29, 1.82) is 0 Å². The molecule has 0 atom stereocenters. The number of nitrogens with zero attached hydrogens (tertiary/aromatic N) is 5. The molecule has 3 aromatic rings. The molecule has 2 heterocycles. The minimum absolute atomic E-state index is 0.229. The van der Waals surface area contributed by atoms with Gasteiger partial charge in [-0.3, -0.25) is 9.59 Å². The lowest BCUT2D eigenvalue weighted by atomic mass is 10.2. The highest BCUT2D eigenvalue weighted by Crippen LogP contribution is 2.22. The molecule has 1 amide bonds. The Balaban J connectivity index is 1.35. The van der Waals surface area contributed by atoms with Gasteiger partial charge in [-0.25, -0.2) is 10.1 Å². The van der Waals surface area contributed by atoms with Crippen LogP contribution >= 0.6 is 23.2 Å². The van der Waals surface area contributed by atoms with Gasteiger partial charge in [0.15, 0.2) is 0 Å². The third-order valence-corrected chi connectivity index (χ3v) is 5.68. The summed E-state index contributed by atoms with van der Waals surface area (Å²) in [7, 11) is 0. The van der Waals surface area contributed by atoms with Gasteiger partial charge in [-0.1, -0.05) is 41.4 Å². The largest absolute Gasteiger partial charge is 0.368 e. The maximum absolute atomic E-state index is 12.2. The molecule has 1 aliphatic heterocycles. The number of amides is 1. The van der Waals surface area contributed by atoms with Crippen LogP contribution in [0.4, 0.5) is 11.5 Å². The fourth-order valence-corrected chi connectivity index (χ4v) is 3.80. The Hall–Kier alpha value is -3.36. The summed E-state index contributed by atoms with van der Waals surface area (Å²) in [6.07, 6.45) is 1.50. The van der Waals surface area contributed by atoms with Crippen molar-refractivity contribution in [2.75, 3.05) is 36.0 Å². The van der Waals surface area contributed by atoms with Gasteiger partial charge in [0.1, 0.15) is 12.4 Å². The van der Waals surface area contributed by atoms with Crippen LogP contribution in [0.3, 0.4) is 0 Å². The maximum atomic E-state index is 12.2. The van der Waals surface area contributed by atoms with Gasteiger partial charge >= 0.3 is 0 Å². The number of aromatic nitrogens is 2. The Kier molecular flexibility index (Phi) is 7.26. The summed E-state index contributed by atoms with van der Waals surface area (Å²) in [6, 6.07) is 17.9. The van der Waals surface area contributed by atoms with Gasteiger partial charge in [0.2, 0.25) is 0 Å². The van der Waals surface area contributed by atoms with Gasteiger partial charge in [-0.2, -0.15) is 10.2 Å². The fraction of sp³-hybridized carbons (Fsp3) is 0.217. The molecule has 0 radical (unpaired) electrons. The van der Waals surface area contributed by atoms with E-state index in [0.717, 1.165) is 42.1 Å². The molecule has 0 saturated carbocycles. The first kappa shape index (κ1) is 22.8. The van der Waals surface area contributed by atoms with E-state index in [2.05, 4.69) is 25.4 Å². The zero-order valence-corrected chi connectivity index (χ0v) is 19.2. The Labute approximate surface area is 201 Å². The molecule has 1 aliphatic rings. The van der Waals surface area contributed by atoms with Crippen molar-refractivity contribution in [2.45, 2.75) is 6.54 Å². The van der Waals surface area contributed by atoms with E-state index in [9.17, 15) is 9.59 Å². The van der Waals surface area contributed by atoms with Crippen molar-refractivity contribution in [1.82, 2.24) is 15.2 Å². The normalized spacial score (nSPS) is 14.0. The molecule has 170 valence electrons. The van der Waals surface area contributed by atoms with Gasteiger partial charge in [0.05, 0.1) is 6.21 Å². The number of hydrogen-bond donors (Lipinski definition) is 1. The van der Waals surface area contributed by atoms with Gasteiger partial charge in [-0.15, -0.1) is 0 Å². The molecule has 1 aromatic heterocycles. The number of carbonyl (C=O) groups excluding carboxylic acids is 1. The van der Waals surface area contributed by atoms with Crippen LogP contribution in [0, 0.1) is 0 Å². The molecule has 2 aromatic carbocycles. The molecule has 8 nitrogen and oxygen atoms in total. The smallest absolute Gasteiger partial charge is 0.267 e. The van der Waals surface area contributed by atoms with Gasteiger partial charge in [0, 0.05) is 48.0 Å². The summed E-state index contributed by atoms with van der Waals surface area (Å²) in [4.78, 5) is 28.8. The molecule has 0 bridgehead atoms. The lowest BCUT2D eigenvalue weighted by molar-refractivity contribution is -0.121. The summed E-state index contributed by atoms with van der Waals surface area (Å²) in [5.41, 5.74) is 3.93. The minimum atomic E-state index is -0.447. The highest BCUT2D eigenvalue weighted by atomic mass is 35.5. The highest BCUT2D eigenvalue weighted by molar-refractivity contribution is 6.31. The van der Waals surface area contributed by atoms with Crippen molar-refractivity contribution < 1.29 is 4.79 Å². The highest BCUT2D eigenvalue weighted by Gasteiger charge is 2.19. The van der Waals surface area contributed by atoms with Crippen LogP contribution in [0.5, 0.6) is 0 Å². The predicted molar refractivity (Wildman–Crippen MR) is 132 cm³/mol. The van der Waals surface area contributed by atoms with E-state index >= 15 is 0 Å². The molecular formula is C23H22Cl2N6O2. The molecule has 10 heteroatoms. The SMILES string of the molecule is O=C(Cn1nc(N2CCN(c3cccc(Cl)c3)CC2)ccc1=O)N/N=C/c1ccc(Cl)cc1. The number of halogens is 2. The number of hydrazone groups is 1. The summed E-state index contributed by atoms with van der Waals surface area (Å²) < 4.78 is 1.14. The van der Waals surface area contributed by atoms with E-state index in [1.54, 1.807) is 30.3 Å². The molecule has 0 aliphatic carbocycles. The summed E-state index contributed by atoms with van der Waals surface area (Å²) in [5, 5.41) is 9.63. The van der Waals surface area contributed by atoms with Crippen molar-refractivity contribution in [3.63, 3.8) is 0 Å². The zero-order valence-electron chi connectivity index (χ0n) is 17.7. The van der Waals surface area contributed by atoms with Crippen LogP contribution in [0.2, 0.25) is 10.0 Å². The molecule has 0 spiro atoms. The number of anilines is 2. The van der Waals surface area contributed by atoms with E-state index in [0.29, 0.717) is 15.9 Å². The fourth-order valence-electron chi connectivity index (χ4n) is 3.49. The Bertz CT molecular complexity index is 1200. The third-order valence-electron chi connectivity index (χ3n) is 5.20. The Morgan fingerprint density at radius 1 is 0.970 bits per heavy atom. The second-order valence-corrected chi connectivity index (χ2v) is 8.36. The average Bonchev–Trinajstić information content (AvgIpc) is 2.82. The van der Waals surface area contributed by atoms with Gasteiger partial charge in [0.25, 0.3) is 11.5 Å². The summed E-state index contributed by atoms with van der Waals surface area (Å²) in [6.45, 7) is 2.82. The van der Waals surface area contributed by atoms with Crippen LogP contribution in [0.15, 0.2) is 70.6 Å². The quantitative estimate of drug-likeness (QED) is 0.429. The molecule has 1 saturated heterocycles. The monoisotopic (exact) mass is 484 g/mol. The molecule has 33 heavy (non-hydrogen) atoms. The first-order valence-corrected chi connectivity index (χ1v) is 11.1. The topological polar surface area (TPSA) is 82.8 Å². The minimum Gasteiger partial charge on any atom is -0.368 e. The number of hydrogen-bond acceptors (Lipinski definition) is 6. The Morgan fingerprint density at radius 3 is 2.42 bits per heavy atom. The second kappa shape index (κ2) is 10.5. The van der Waals surface area contributed by atoms with Crippen LogP contribution < -0.4 is 20.8 Å². The van der Waals surface area contributed by atoms with E-state index in [1.165, 1.54) is 12.3 Å². The van der Waals surface area contributed by atoms with Gasteiger partial charge < -0.3 is 9.80 Å². The van der Waals surface area contributed by atoms with Crippen LogP contribution in [-0.4, -0.2) is 48.1 Å². The number of rotatable bonds is 6. The average molecular weight is 485 g/mol. The summed E-state index contributed by atoms with van der Waals surface area (Å²) in [5.74, 6) is 0.204. The molecule has 0 unspecified atom stereocenters. The van der Waals surface area contributed by atoms with Crippen molar-refractivity contribution >= 4 is 46.8 Å². The van der Waals surface area contributed by atoms with E-state index in [-0.39, 0.29) is 12.1 Å². The Morgan fingerprint density at radius 2 is 1.70 bits per heavy atom. The van der Waals surface area contributed by atoms with Crippen molar-refractivity contribution in [3.8, 4) is 0 Å². The molecule has 1 fully saturated rings. The van der Waals surface area contributed by atoms with Crippen LogP contribution in [0.25, 0.3) is 0 Å². The first-order valence-electron chi connectivity index (χ1n) is 10.4. The number of carbonyl (C=O) groups is 1. The zero-order chi connectivity index (χ0) is 23.2. The molecule has 4 rings (SSSR count). The summed E-state index contributed by atoms with van der Waals surface area (Å²) >= 11 is 12.0. The van der Waals surface area contributed by atoms with E-state index in [1.807, 2.05) is 24.3 Å². The second-order valence-electron chi connectivity index (χ2n) is 7.49. The molecular weight excluding hydrogens is 463 g/mol. The molecule has 1 N–H and O–H groups in total. The maximum Gasteiger partial charge on any atom is 0.267 e. The first-order chi connectivity index (χ1) is 16.0. The van der Waals surface area contributed by atoms with E-state index in [4.69, 9.17) is 23.2 Å². The van der Waals surface area contributed by atoms with Crippen LogP contribution in [0.1, 0.15) is 5.56 Å². The lowest BCUT2D eigenvalue weighted by Gasteiger charge is -2.36. The van der Waals surface area contributed by atoms with Crippen molar-refractivity contribution in [3.05, 3.63) is 86.6 Å². The van der Waals surface area contributed by atoms with Crippen molar-refractivity contribution in [2.24, 2.45) is 5.10 Å². The third kappa shape index (κ3) is 6.12. The van der Waals surface area contributed by atoms with Crippen LogP contribution in [-0.2, 0) is 11.3 Å². The number of benzene rings is 2. The number of piperazine rings is 1. The predicted octanol–water partition coefficient (Wildman–Crippen LogP) is 3.03. The lowest BCUT2D eigenvalue weighted by Crippen LogP contribution is -2.47. The van der Waals surface area contributed by atoms with Gasteiger partial charge in [-0.05, 0) is 42.0 Å². The standard InChI is InChI=1S/C23H22Cl2N6O2/c24-18-6-4-17(5-7-18)15-26-27-22(32)16-31-23(33)9-8-21(28-31)30-12-10-29(11-13-30)20-3-1-2-19(25)14-20/h1-9,14-15H,10-13,16H2,(H,27,32)/b26-15+. The number of nitrogens with one attached hydrogen (secondary N) is 1. The van der Waals surface area contributed by atoms with E-state index < -0.39 is 5.91 Å².